The van der Waals surface area contributed by atoms with Gasteiger partial charge < -0.3 is 14.2 Å². The van der Waals surface area contributed by atoms with Gasteiger partial charge in [0.25, 0.3) is 0 Å². The lowest BCUT2D eigenvalue weighted by atomic mass is 10.0. The molecule has 0 aromatic heterocycles. The van der Waals surface area contributed by atoms with Gasteiger partial charge in [-0.15, -0.1) is 0 Å². The quantitative estimate of drug-likeness (QED) is 0.0261. The fourth-order valence-electron chi connectivity index (χ4n) is 11.2. The van der Waals surface area contributed by atoms with Gasteiger partial charge in [-0.05, 0) is 51.4 Å². The fraction of sp³-hybridized carbons (Fsp3) is 0.905. The van der Waals surface area contributed by atoms with Crippen LogP contribution in [0, 0.1) is 0 Å². The summed E-state index contributed by atoms with van der Waals surface area (Å²) in [5.41, 5.74) is 0. The van der Waals surface area contributed by atoms with E-state index in [1.165, 1.54) is 308 Å². The molecule has 80 heavy (non-hydrogen) atoms. The summed E-state index contributed by atoms with van der Waals surface area (Å²) >= 11 is 0. The first-order valence-corrected chi connectivity index (χ1v) is 36.3. The summed E-state index contributed by atoms with van der Waals surface area (Å²) in [7, 11) is 0. The van der Waals surface area contributed by atoms with Crippen LogP contribution < -0.4 is 0 Å². The third-order valence-corrected chi connectivity index (χ3v) is 16.7. The molecule has 0 amide bonds. The third kappa shape index (κ3) is 66.7. The molecule has 472 valence electrons. The first-order chi connectivity index (χ1) is 39.5. The van der Waals surface area contributed by atoms with Crippen molar-refractivity contribution in [3.05, 3.63) is 24.3 Å². The van der Waals surface area contributed by atoms with Crippen LogP contribution in [0.5, 0.6) is 0 Å². The largest absolute Gasteiger partial charge is 0.462 e. The van der Waals surface area contributed by atoms with E-state index >= 15 is 0 Å². The van der Waals surface area contributed by atoms with Crippen LogP contribution in [0.15, 0.2) is 24.3 Å². The maximum absolute atomic E-state index is 13.0. The molecular weight excluding hydrogens is 985 g/mol. The zero-order valence-electron chi connectivity index (χ0n) is 54.4. The van der Waals surface area contributed by atoms with E-state index < -0.39 is 6.10 Å². The summed E-state index contributed by atoms with van der Waals surface area (Å²) in [6, 6.07) is 0. The molecule has 0 aliphatic carbocycles. The number of carbonyl (C=O) groups excluding carboxylic acids is 3. The molecule has 0 rings (SSSR count). The lowest BCUT2D eigenvalue weighted by Crippen LogP contribution is -2.30. The summed E-state index contributed by atoms with van der Waals surface area (Å²) in [5.74, 6) is -0.836. The molecule has 1 unspecified atom stereocenters. The molecule has 6 heteroatoms. The van der Waals surface area contributed by atoms with Crippen molar-refractivity contribution < 1.29 is 28.6 Å². The van der Waals surface area contributed by atoms with E-state index in [-0.39, 0.29) is 31.1 Å². The second-order valence-electron chi connectivity index (χ2n) is 24.9. The van der Waals surface area contributed by atoms with E-state index in [4.69, 9.17) is 14.2 Å². The molecule has 0 N–H and O–H groups in total. The van der Waals surface area contributed by atoms with E-state index in [1.54, 1.807) is 0 Å². The Hall–Kier alpha value is -2.11. The van der Waals surface area contributed by atoms with Gasteiger partial charge in [0.15, 0.2) is 6.10 Å². The topological polar surface area (TPSA) is 78.9 Å². The van der Waals surface area contributed by atoms with Crippen LogP contribution in [0.2, 0.25) is 0 Å². The second kappa shape index (κ2) is 69.4. The minimum atomic E-state index is -0.771. The molecule has 6 nitrogen and oxygen atoms in total. The zero-order chi connectivity index (χ0) is 57.8. The van der Waals surface area contributed by atoms with E-state index in [9.17, 15) is 14.4 Å². The van der Waals surface area contributed by atoms with Crippen molar-refractivity contribution in [2.45, 2.75) is 419 Å². The Bertz CT molecular complexity index is 1290. The van der Waals surface area contributed by atoms with Gasteiger partial charge in [0, 0.05) is 19.3 Å². The molecule has 1 atom stereocenters. The van der Waals surface area contributed by atoms with Crippen molar-refractivity contribution in [2.24, 2.45) is 0 Å². The molecule has 0 aromatic rings. The molecule has 0 aliphatic heterocycles. The van der Waals surface area contributed by atoms with E-state index in [1.807, 2.05) is 0 Å². The highest BCUT2D eigenvalue weighted by Crippen LogP contribution is 2.19. The van der Waals surface area contributed by atoms with Gasteiger partial charge in [-0.2, -0.15) is 0 Å². The van der Waals surface area contributed by atoms with Gasteiger partial charge in [-0.1, -0.05) is 366 Å². The van der Waals surface area contributed by atoms with Gasteiger partial charge in [0.1, 0.15) is 13.2 Å². The first kappa shape index (κ1) is 77.9. The lowest BCUT2D eigenvalue weighted by molar-refractivity contribution is -0.167. The lowest BCUT2D eigenvalue weighted by Gasteiger charge is -2.18. The van der Waals surface area contributed by atoms with Crippen LogP contribution in [-0.4, -0.2) is 37.2 Å². The van der Waals surface area contributed by atoms with Crippen molar-refractivity contribution in [1.29, 1.82) is 0 Å². The smallest absolute Gasteiger partial charge is 0.306 e. The van der Waals surface area contributed by atoms with Crippen molar-refractivity contribution in [2.75, 3.05) is 13.2 Å². The molecule has 0 saturated carbocycles. The Kier molecular flexibility index (Phi) is 67.6. The summed E-state index contributed by atoms with van der Waals surface area (Å²) in [4.78, 5) is 38.5. The Morgan fingerprint density at radius 2 is 0.450 bits per heavy atom. The van der Waals surface area contributed by atoms with Crippen molar-refractivity contribution in [3.63, 3.8) is 0 Å². The molecule has 0 bridgehead atoms. The number of hydrogen-bond acceptors (Lipinski definition) is 6. The van der Waals surface area contributed by atoms with E-state index in [0.717, 1.165) is 64.2 Å². The van der Waals surface area contributed by atoms with Crippen LogP contribution in [0.3, 0.4) is 0 Å². The zero-order valence-corrected chi connectivity index (χ0v) is 54.4. The Morgan fingerprint density at radius 1 is 0.250 bits per heavy atom. The fourth-order valence-corrected chi connectivity index (χ4v) is 11.2. The number of allylic oxidation sites excluding steroid dienone is 4. The van der Waals surface area contributed by atoms with Crippen LogP contribution in [0.25, 0.3) is 0 Å². The number of hydrogen-bond donors (Lipinski definition) is 0. The Balaban J connectivity index is 4.24. The third-order valence-electron chi connectivity index (χ3n) is 16.7. The standard InChI is InChI=1S/C74H140O6/c1-4-7-10-13-16-19-22-25-28-30-32-34-35-36-37-38-40-41-43-46-49-52-55-58-61-64-67-73(76)79-70-71(69-78-72(75)66-63-60-57-54-51-48-45-27-24-21-18-15-12-9-6-3)80-74(77)68-65-62-59-56-53-50-47-44-42-39-33-31-29-26-23-20-17-14-11-8-5-2/h23,26,31,33,71H,4-22,24-25,27-30,32,34-70H2,1-3H3/b26-23-,33-31-. The average Bonchev–Trinajstić information content (AvgIpc) is 3.46. The molecule has 0 saturated heterocycles. The van der Waals surface area contributed by atoms with Gasteiger partial charge in [-0.25, -0.2) is 0 Å². The Morgan fingerprint density at radius 3 is 0.688 bits per heavy atom. The normalized spacial score (nSPS) is 12.1. The summed E-state index contributed by atoms with van der Waals surface area (Å²) in [6.07, 6.45) is 85.0. The molecule has 0 aliphatic rings. The van der Waals surface area contributed by atoms with Gasteiger partial charge in [0.05, 0.1) is 0 Å². The minimum absolute atomic E-state index is 0.0662. The molecule has 0 spiro atoms. The molecule has 0 radical (unpaired) electrons. The van der Waals surface area contributed by atoms with Crippen molar-refractivity contribution in [3.8, 4) is 0 Å². The Labute approximate surface area is 500 Å². The highest BCUT2D eigenvalue weighted by molar-refractivity contribution is 5.71. The highest BCUT2D eigenvalue weighted by Gasteiger charge is 2.19. The molecule has 0 aromatic carbocycles. The van der Waals surface area contributed by atoms with Gasteiger partial charge in [0.2, 0.25) is 0 Å². The molecule has 0 heterocycles. The van der Waals surface area contributed by atoms with Gasteiger partial charge in [-0.3, -0.25) is 14.4 Å². The average molecular weight is 1130 g/mol. The van der Waals surface area contributed by atoms with Crippen molar-refractivity contribution in [1.82, 2.24) is 0 Å². The molecule has 0 fully saturated rings. The van der Waals surface area contributed by atoms with E-state index in [2.05, 4.69) is 45.1 Å². The predicted octanol–water partition coefficient (Wildman–Crippen LogP) is 25.0. The summed E-state index contributed by atoms with van der Waals surface area (Å²) in [5, 5.41) is 0. The van der Waals surface area contributed by atoms with Gasteiger partial charge >= 0.3 is 17.9 Å². The van der Waals surface area contributed by atoms with Crippen molar-refractivity contribution >= 4 is 17.9 Å². The minimum Gasteiger partial charge on any atom is -0.462 e. The number of ether oxygens (including phenoxy) is 3. The maximum Gasteiger partial charge on any atom is 0.306 e. The maximum atomic E-state index is 13.0. The highest BCUT2D eigenvalue weighted by atomic mass is 16.6. The van der Waals surface area contributed by atoms with Crippen LogP contribution in [-0.2, 0) is 28.6 Å². The first-order valence-electron chi connectivity index (χ1n) is 36.3. The second-order valence-corrected chi connectivity index (χ2v) is 24.9. The van der Waals surface area contributed by atoms with Crippen LogP contribution in [0.4, 0.5) is 0 Å². The monoisotopic (exact) mass is 1130 g/mol. The molecular formula is C74H140O6. The number of esters is 3. The SMILES string of the molecule is CCCCCCC/C=C\C/C=C\CCCCCCCCCCCC(=O)OC(COC(=O)CCCCCCCCCCCCCCCCC)COC(=O)CCCCCCCCCCCCCCCCCCCCCCCCCCCC. The summed E-state index contributed by atoms with van der Waals surface area (Å²) < 4.78 is 17.0. The van der Waals surface area contributed by atoms with Crippen LogP contribution >= 0.6 is 0 Å². The van der Waals surface area contributed by atoms with E-state index in [0.29, 0.717) is 19.3 Å². The number of rotatable bonds is 68. The predicted molar refractivity (Wildman–Crippen MR) is 349 cm³/mol. The number of unbranched alkanes of at least 4 members (excludes halogenated alkanes) is 53. The summed E-state index contributed by atoms with van der Waals surface area (Å²) in [6.45, 7) is 6.72. The van der Waals surface area contributed by atoms with Crippen LogP contribution in [0.1, 0.15) is 412 Å². The number of carbonyl (C=O) groups is 3.